The van der Waals surface area contributed by atoms with Gasteiger partial charge in [-0.25, -0.2) is 4.39 Å². The van der Waals surface area contributed by atoms with Gasteiger partial charge in [0.05, 0.1) is 24.7 Å². The molecule has 0 spiro atoms. The lowest BCUT2D eigenvalue weighted by Crippen LogP contribution is -2.48. The quantitative estimate of drug-likeness (QED) is 0.468. The van der Waals surface area contributed by atoms with Gasteiger partial charge in [0, 0.05) is 49.7 Å². The monoisotopic (exact) mass is 561 g/mol. The van der Waals surface area contributed by atoms with Crippen LogP contribution in [0.3, 0.4) is 0 Å². The van der Waals surface area contributed by atoms with E-state index in [4.69, 9.17) is 4.74 Å². The predicted molar refractivity (Wildman–Crippen MR) is 142 cm³/mol. The van der Waals surface area contributed by atoms with E-state index in [2.05, 4.69) is 24.1 Å². The first kappa shape index (κ1) is 28.4. The molecule has 2 amide bonds. The number of nitrogens with zero attached hydrogens (tertiary/aromatic N) is 2. The molecule has 0 unspecified atom stereocenters. The molecular formula is C30H35F4N3O3. The number of morpholine rings is 1. The van der Waals surface area contributed by atoms with Crippen molar-refractivity contribution in [1.82, 2.24) is 10.2 Å². The molecule has 2 aliphatic heterocycles. The number of rotatable bonds is 8. The Morgan fingerprint density at radius 3 is 2.38 bits per heavy atom. The molecular weight excluding hydrogens is 526 g/mol. The van der Waals surface area contributed by atoms with E-state index >= 15 is 0 Å². The molecule has 0 aromatic heterocycles. The van der Waals surface area contributed by atoms with Gasteiger partial charge in [-0.05, 0) is 60.2 Å². The van der Waals surface area contributed by atoms with E-state index in [-0.39, 0.29) is 41.4 Å². The van der Waals surface area contributed by atoms with Crippen LogP contribution >= 0.6 is 0 Å². The minimum atomic E-state index is -4.50. The van der Waals surface area contributed by atoms with Gasteiger partial charge in [-0.15, -0.1) is 0 Å². The van der Waals surface area contributed by atoms with Gasteiger partial charge in [0.15, 0.2) is 0 Å². The Balaban J connectivity index is 1.36. The Morgan fingerprint density at radius 1 is 1.07 bits per heavy atom. The molecule has 0 bridgehead atoms. The third kappa shape index (κ3) is 6.27. The molecule has 6 nitrogen and oxygen atoms in total. The topological polar surface area (TPSA) is 61.9 Å². The van der Waals surface area contributed by atoms with Crippen molar-refractivity contribution in [2.75, 3.05) is 44.3 Å². The summed E-state index contributed by atoms with van der Waals surface area (Å²) in [4.78, 5) is 30.7. The standard InChI is InChI=1S/C30H35F4N3O3/c1-29(2)18-37(26-10-9-22(31)15-24(26)29)17-25(20-3-4-20)35-28(39)23(16-27(38)36-11-13-40-14-12-36)19-5-7-21(8-6-19)30(32,33)34/h5-10,15,20,23,25H,3-4,11-14,16-18H2,1-2H3,(H,35,39)/t23-,25+/m0/s1. The molecule has 2 heterocycles. The lowest BCUT2D eigenvalue weighted by molar-refractivity contribution is -0.138. The van der Waals surface area contributed by atoms with Crippen molar-refractivity contribution in [2.45, 2.75) is 56.7 Å². The summed E-state index contributed by atoms with van der Waals surface area (Å²) in [6.07, 6.45) is -2.74. The number of carbonyl (C=O) groups excluding carboxylic acids is 2. The van der Waals surface area contributed by atoms with Crippen LogP contribution in [0.2, 0.25) is 0 Å². The number of fused-ring (bicyclic) bond motifs is 1. The number of alkyl halides is 3. The van der Waals surface area contributed by atoms with E-state index in [0.29, 0.717) is 45.0 Å². The number of benzene rings is 2. The number of nitrogens with one attached hydrogen (secondary N) is 1. The number of halogens is 4. The van der Waals surface area contributed by atoms with Crippen molar-refractivity contribution in [1.29, 1.82) is 0 Å². The maximum absolute atomic E-state index is 14.0. The Morgan fingerprint density at radius 2 is 1.75 bits per heavy atom. The summed E-state index contributed by atoms with van der Waals surface area (Å²) in [6.45, 7) is 6.96. The zero-order valence-electron chi connectivity index (χ0n) is 22.8. The first-order chi connectivity index (χ1) is 18.9. The average Bonchev–Trinajstić information content (AvgIpc) is 3.73. The zero-order chi connectivity index (χ0) is 28.7. The van der Waals surface area contributed by atoms with Crippen molar-refractivity contribution < 1.29 is 31.9 Å². The van der Waals surface area contributed by atoms with Crippen LogP contribution in [0, 0.1) is 11.7 Å². The average molecular weight is 562 g/mol. The van der Waals surface area contributed by atoms with Crippen molar-refractivity contribution in [3.8, 4) is 0 Å². The minimum Gasteiger partial charge on any atom is -0.378 e. The lowest BCUT2D eigenvalue weighted by Gasteiger charge is -2.31. The van der Waals surface area contributed by atoms with Crippen molar-refractivity contribution in [2.24, 2.45) is 5.92 Å². The maximum atomic E-state index is 14.0. The Hall–Kier alpha value is -3.14. The molecule has 10 heteroatoms. The van der Waals surface area contributed by atoms with Crippen LogP contribution in [-0.4, -0.2) is 62.1 Å². The molecule has 40 heavy (non-hydrogen) atoms. The molecule has 1 N–H and O–H groups in total. The summed E-state index contributed by atoms with van der Waals surface area (Å²) >= 11 is 0. The highest BCUT2D eigenvalue weighted by Gasteiger charge is 2.41. The highest BCUT2D eigenvalue weighted by Crippen LogP contribution is 2.42. The number of ether oxygens (including phenoxy) is 1. The van der Waals surface area contributed by atoms with Crippen molar-refractivity contribution >= 4 is 17.5 Å². The fourth-order valence-corrected chi connectivity index (χ4v) is 5.85. The van der Waals surface area contributed by atoms with Gasteiger partial charge in [0.2, 0.25) is 11.8 Å². The highest BCUT2D eigenvalue weighted by atomic mass is 19.4. The van der Waals surface area contributed by atoms with E-state index in [1.54, 1.807) is 17.0 Å². The Labute approximate surface area is 231 Å². The van der Waals surface area contributed by atoms with Gasteiger partial charge >= 0.3 is 6.18 Å². The Bertz CT molecular complexity index is 1240. The lowest BCUT2D eigenvalue weighted by atomic mass is 9.87. The van der Waals surface area contributed by atoms with Crippen LogP contribution in [0.4, 0.5) is 23.2 Å². The molecule has 5 rings (SSSR count). The van der Waals surface area contributed by atoms with Crippen molar-refractivity contribution in [3.05, 3.63) is 65.0 Å². The van der Waals surface area contributed by atoms with Gasteiger partial charge < -0.3 is 19.9 Å². The van der Waals surface area contributed by atoms with E-state index in [1.165, 1.54) is 18.2 Å². The van der Waals surface area contributed by atoms with Gasteiger partial charge in [0.1, 0.15) is 5.82 Å². The third-order valence-electron chi connectivity index (χ3n) is 8.25. The van der Waals surface area contributed by atoms with Gasteiger partial charge in [0.25, 0.3) is 0 Å². The van der Waals surface area contributed by atoms with Crippen LogP contribution in [0.25, 0.3) is 0 Å². The Kier molecular flexibility index (Phi) is 7.83. The summed E-state index contributed by atoms with van der Waals surface area (Å²) in [5.74, 6) is -1.57. The second-order valence-electron chi connectivity index (χ2n) is 11.7. The van der Waals surface area contributed by atoms with Crippen LogP contribution in [0.15, 0.2) is 42.5 Å². The third-order valence-corrected chi connectivity index (χ3v) is 8.25. The molecule has 2 fully saturated rings. The fraction of sp³-hybridized carbons (Fsp3) is 0.533. The minimum absolute atomic E-state index is 0.145. The molecule has 2 aromatic rings. The first-order valence-electron chi connectivity index (χ1n) is 13.8. The van der Waals surface area contributed by atoms with Crippen LogP contribution in [0.5, 0.6) is 0 Å². The summed E-state index contributed by atoms with van der Waals surface area (Å²) in [5, 5.41) is 3.15. The van der Waals surface area contributed by atoms with E-state index < -0.39 is 17.7 Å². The molecule has 1 saturated heterocycles. The second-order valence-corrected chi connectivity index (χ2v) is 11.7. The molecule has 2 aromatic carbocycles. The molecule has 2 atom stereocenters. The molecule has 3 aliphatic rings. The number of hydrogen-bond acceptors (Lipinski definition) is 4. The predicted octanol–water partition coefficient (Wildman–Crippen LogP) is 4.87. The molecule has 1 aliphatic carbocycles. The van der Waals surface area contributed by atoms with Crippen molar-refractivity contribution in [3.63, 3.8) is 0 Å². The largest absolute Gasteiger partial charge is 0.416 e. The zero-order valence-corrected chi connectivity index (χ0v) is 22.8. The molecule has 216 valence electrons. The molecule has 0 radical (unpaired) electrons. The van der Waals surface area contributed by atoms with Gasteiger partial charge in [-0.3, -0.25) is 9.59 Å². The SMILES string of the molecule is CC1(C)CN(C[C@@H](NC(=O)[C@@H](CC(=O)N2CCOCC2)c2ccc(C(F)(F)F)cc2)C2CC2)c2ccc(F)cc21. The summed E-state index contributed by atoms with van der Waals surface area (Å²) < 4.78 is 58.9. The highest BCUT2D eigenvalue weighted by molar-refractivity contribution is 5.90. The number of anilines is 1. The first-order valence-corrected chi connectivity index (χ1v) is 13.8. The van der Waals surface area contributed by atoms with Gasteiger partial charge in [-0.2, -0.15) is 13.2 Å². The number of carbonyl (C=O) groups is 2. The van der Waals surface area contributed by atoms with Crippen LogP contribution < -0.4 is 10.2 Å². The fourth-order valence-electron chi connectivity index (χ4n) is 5.85. The molecule has 1 saturated carbocycles. The second kappa shape index (κ2) is 11.0. The summed E-state index contributed by atoms with van der Waals surface area (Å²) in [5.41, 5.74) is 1.16. The number of amides is 2. The maximum Gasteiger partial charge on any atom is 0.416 e. The van der Waals surface area contributed by atoms with Gasteiger partial charge in [-0.1, -0.05) is 26.0 Å². The summed E-state index contributed by atoms with van der Waals surface area (Å²) in [7, 11) is 0. The van der Waals surface area contributed by atoms with E-state index in [9.17, 15) is 27.2 Å². The van der Waals surface area contributed by atoms with E-state index in [0.717, 1.165) is 36.2 Å². The van der Waals surface area contributed by atoms with Crippen LogP contribution in [0.1, 0.15) is 55.7 Å². The normalized spacial score (nSPS) is 20.1. The number of hydrogen-bond donors (Lipinski definition) is 1. The van der Waals surface area contributed by atoms with E-state index in [1.807, 2.05) is 0 Å². The summed E-state index contributed by atoms with van der Waals surface area (Å²) in [6, 6.07) is 9.06. The smallest absolute Gasteiger partial charge is 0.378 e. The van der Waals surface area contributed by atoms with Crippen LogP contribution in [-0.2, 0) is 25.9 Å².